The monoisotopic (exact) mass is 646 g/mol. The minimum atomic E-state index is -0.889. The summed E-state index contributed by atoms with van der Waals surface area (Å²) in [6, 6.07) is 21.8. The van der Waals surface area contributed by atoms with Gasteiger partial charge in [-0.3, -0.25) is 9.59 Å². The molecule has 0 aromatic heterocycles. The van der Waals surface area contributed by atoms with Crippen molar-refractivity contribution in [1.29, 1.82) is 0 Å². The van der Waals surface area contributed by atoms with E-state index in [9.17, 15) is 23.5 Å². The molecule has 47 heavy (non-hydrogen) atoms. The van der Waals surface area contributed by atoms with E-state index in [1.54, 1.807) is 18.2 Å². The first kappa shape index (κ1) is 34.9. The number of aryl methyl sites for hydroxylation is 1. The first-order valence-corrected chi connectivity index (χ1v) is 15.8. The third-order valence-corrected chi connectivity index (χ3v) is 7.76. The van der Waals surface area contributed by atoms with Gasteiger partial charge in [-0.1, -0.05) is 37.1 Å². The smallest absolute Gasteiger partial charge is 0.303 e. The SMILES string of the molecule is COc1ccc(F)cc1-c1cc(OCCCCCCc2cccc(OCCCC(=O)O)c2CCC(=O)O)cc(-c2cccc(F)c2)c1. The molecule has 0 aliphatic rings. The van der Waals surface area contributed by atoms with Gasteiger partial charge in [0.25, 0.3) is 0 Å². The van der Waals surface area contributed by atoms with Crippen LogP contribution < -0.4 is 14.2 Å². The Morgan fingerprint density at radius 1 is 0.638 bits per heavy atom. The molecule has 0 unspecified atom stereocenters. The summed E-state index contributed by atoms with van der Waals surface area (Å²) in [6.07, 6.45) is 4.98. The summed E-state index contributed by atoms with van der Waals surface area (Å²) in [4.78, 5) is 22.1. The lowest BCUT2D eigenvalue weighted by Crippen LogP contribution is -2.07. The lowest BCUT2D eigenvalue weighted by atomic mass is 9.96. The van der Waals surface area contributed by atoms with Gasteiger partial charge in [0.1, 0.15) is 28.9 Å². The average molecular weight is 647 g/mol. The second-order valence-corrected chi connectivity index (χ2v) is 11.2. The van der Waals surface area contributed by atoms with E-state index in [0.717, 1.165) is 48.8 Å². The number of methoxy groups -OCH3 is 1. The quantitative estimate of drug-likeness (QED) is 0.0982. The van der Waals surface area contributed by atoms with Crippen LogP contribution in [0, 0.1) is 11.6 Å². The molecule has 0 aliphatic heterocycles. The summed E-state index contributed by atoms with van der Waals surface area (Å²) in [7, 11) is 1.52. The van der Waals surface area contributed by atoms with Crippen molar-refractivity contribution in [2.75, 3.05) is 20.3 Å². The zero-order valence-electron chi connectivity index (χ0n) is 26.5. The van der Waals surface area contributed by atoms with Crippen LogP contribution in [0.15, 0.2) is 78.9 Å². The number of ether oxygens (including phenoxy) is 3. The van der Waals surface area contributed by atoms with Crippen LogP contribution in [-0.2, 0) is 22.4 Å². The van der Waals surface area contributed by atoms with Crippen molar-refractivity contribution in [3.05, 3.63) is 102 Å². The molecule has 0 fully saturated rings. The maximum atomic E-state index is 14.2. The van der Waals surface area contributed by atoms with Crippen LogP contribution in [0.5, 0.6) is 17.2 Å². The topological polar surface area (TPSA) is 102 Å². The third-order valence-electron chi connectivity index (χ3n) is 7.76. The van der Waals surface area contributed by atoms with Crippen molar-refractivity contribution in [2.45, 2.75) is 57.8 Å². The number of unbranched alkanes of at least 4 members (excludes halogenated alkanes) is 3. The van der Waals surface area contributed by atoms with E-state index in [-0.39, 0.29) is 25.3 Å². The van der Waals surface area contributed by atoms with E-state index in [0.29, 0.717) is 53.4 Å². The predicted molar refractivity (Wildman–Crippen MR) is 176 cm³/mol. The van der Waals surface area contributed by atoms with E-state index < -0.39 is 17.8 Å². The van der Waals surface area contributed by atoms with E-state index in [1.165, 1.54) is 31.4 Å². The van der Waals surface area contributed by atoms with Crippen molar-refractivity contribution in [3.8, 4) is 39.5 Å². The van der Waals surface area contributed by atoms with Gasteiger partial charge in [-0.15, -0.1) is 0 Å². The van der Waals surface area contributed by atoms with Gasteiger partial charge in [-0.2, -0.15) is 0 Å². The van der Waals surface area contributed by atoms with Crippen LogP contribution in [-0.4, -0.2) is 42.5 Å². The first-order chi connectivity index (χ1) is 22.7. The number of hydrogen-bond donors (Lipinski definition) is 2. The number of aliphatic carboxylic acids is 2. The fourth-order valence-corrected chi connectivity index (χ4v) is 5.44. The van der Waals surface area contributed by atoms with E-state index in [4.69, 9.17) is 19.3 Å². The molecule has 0 bridgehead atoms. The number of rotatable bonds is 19. The molecule has 0 atom stereocenters. The zero-order valence-corrected chi connectivity index (χ0v) is 26.5. The van der Waals surface area contributed by atoms with Gasteiger partial charge in [-0.05, 0) is 115 Å². The first-order valence-electron chi connectivity index (χ1n) is 15.8. The summed E-state index contributed by atoms with van der Waals surface area (Å²) < 4.78 is 45.7. The van der Waals surface area contributed by atoms with E-state index >= 15 is 0 Å². The van der Waals surface area contributed by atoms with Crippen LogP contribution in [0.3, 0.4) is 0 Å². The molecule has 0 saturated heterocycles. The van der Waals surface area contributed by atoms with Gasteiger partial charge >= 0.3 is 11.9 Å². The lowest BCUT2D eigenvalue weighted by molar-refractivity contribution is -0.138. The van der Waals surface area contributed by atoms with Gasteiger partial charge in [0.2, 0.25) is 0 Å². The Morgan fingerprint density at radius 3 is 2.13 bits per heavy atom. The predicted octanol–water partition coefficient (Wildman–Crippen LogP) is 8.75. The fourth-order valence-electron chi connectivity index (χ4n) is 5.44. The Hall–Kier alpha value is -4.92. The highest BCUT2D eigenvalue weighted by Crippen LogP contribution is 2.37. The van der Waals surface area contributed by atoms with E-state index in [2.05, 4.69) is 0 Å². The second kappa shape index (κ2) is 17.7. The molecule has 0 radical (unpaired) electrons. The molecule has 0 spiro atoms. The maximum absolute atomic E-state index is 14.2. The number of benzene rings is 4. The molecule has 0 saturated carbocycles. The Morgan fingerprint density at radius 2 is 1.36 bits per heavy atom. The lowest BCUT2D eigenvalue weighted by Gasteiger charge is -2.15. The summed E-state index contributed by atoms with van der Waals surface area (Å²) in [5.74, 6) is -0.832. The third kappa shape index (κ3) is 10.8. The largest absolute Gasteiger partial charge is 0.496 e. The molecule has 4 rings (SSSR count). The van der Waals surface area contributed by atoms with Crippen molar-refractivity contribution >= 4 is 11.9 Å². The van der Waals surface area contributed by atoms with Crippen molar-refractivity contribution < 1.29 is 42.8 Å². The number of carbonyl (C=O) groups is 2. The molecular formula is C38H40F2O7. The fraction of sp³-hybridized carbons (Fsp3) is 0.316. The second-order valence-electron chi connectivity index (χ2n) is 11.2. The molecule has 248 valence electrons. The van der Waals surface area contributed by atoms with Crippen LogP contribution >= 0.6 is 0 Å². The molecule has 4 aromatic rings. The summed E-state index contributed by atoms with van der Waals surface area (Å²) in [5.41, 5.74) is 4.54. The van der Waals surface area contributed by atoms with E-state index in [1.807, 2.05) is 36.4 Å². The Kier molecular flexibility index (Phi) is 13.2. The number of carboxylic acid groups (broad SMARTS) is 2. The number of carboxylic acids is 2. The molecule has 4 aromatic carbocycles. The highest BCUT2D eigenvalue weighted by atomic mass is 19.1. The normalized spacial score (nSPS) is 10.9. The molecule has 7 nitrogen and oxygen atoms in total. The van der Waals surface area contributed by atoms with Gasteiger partial charge < -0.3 is 24.4 Å². The minimum absolute atomic E-state index is 0.00916. The number of halogens is 2. The standard InChI is InChI=1S/C38H40F2O7/c1-45-35-17-15-31(40)25-34(35)29-21-28(27-11-6-12-30(39)22-27)23-32(24-29)46-19-5-3-2-4-9-26-10-7-13-36(33(26)16-18-38(43)44)47-20-8-14-37(41)42/h6-7,10-13,15,17,21-25H,2-5,8-9,14,16,18-20H2,1H3,(H,41,42)(H,43,44). The Bertz CT molecular complexity index is 1650. The summed E-state index contributed by atoms with van der Waals surface area (Å²) >= 11 is 0. The highest BCUT2D eigenvalue weighted by Gasteiger charge is 2.14. The van der Waals surface area contributed by atoms with Gasteiger partial charge in [0, 0.05) is 18.4 Å². The molecule has 9 heteroatoms. The summed E-state index contributed by atoms with van der Waals surface area (Å²) in [6.45, 7) is 0.702. The van der Waals surface area contributed by atoms with Crippen LogP contribution in [0.1, 0.15) is 56.1 Å². The van der Waals surface area contributed by atoms with Crippen LogP contribution in [0.2, 0.25) is 0 Å². The zero-order chi connectivity index (χ0) is 33.6. The molecule has 0 amide bonds. The highest BCUT2D eigenvalue weighted by molar-refractivity contribution is 5.78. The molecule has 2 N–H and O–H groups in total. The van der Waals surface area contributed by atoms with Crippen LogP contribution in [0.25, 0.3) is 22.3 Å². The molecular weight excluding hydrogens is 606 g/mol. The van der Waals surface area contributed by atoms with Gasteiger partial charge in [0.05, 0.1) is 20.3 Å². The van der Waals surface area contributed by atoms with Gasteiger partial charge in [0.15, 0.2) is 0 Å². The summed E-state index contributed by atoms with van der Waals surface area (Å²) in [5, 5.41) is 18.1. The average Bonchev–Trinajstić information content (AvgIpc) is 3.05. The van der Waals surface area contributed by atoms with Crippen molar-refractivity contribution in [1.82, 2.24) is 0 Å². The van der Waals surface area contributed by atoms with Crippen molar-refractivity contribution in [2.24, 2.45) is 0 Å². The minimum Gasteiger partial charge on any atom is -0.496 e. The maximum Gasteiger partial charge on any atom is 0.303 e. The van der Waals surface area contributed by atoms with Crippen LogP contribution in [0.4, 0.5) is 8.78 Å². The Balaban J connectivity index is 1.36. The van der Waals surface area contributed by atoms with Crippen molar-refractivity contribution in [3.63, 3.8) is 0 Å². The molecule has 0 heterocycles. The number of hydrogen-bond acceptors (Lipinski definition) is 5. The Labute approximate surface area is 273 Å². The van der Waals surface area contributed by atoms with Gasteiger partial charge in [-0.25, -0.2) is 8.78 Å². The molecule has 0 aliphatic carbocycles.